The van der Waals surface area contributed by atoms with Crippen LogP contribution in [0, 0.1) is 19.7 Å². The third-order valence-electron chi connectivity index (χ3n) is 5.37. The molecule has 0 bridgehead atoms. The SMILES string of the molecule is Cc1ccccc1-c1noc(-c2sc3ncn(CC(=O)Nc4ccc(F)cc4)c(=O)c3c2C)n1. The third kappa shape index (κ3) is 3.99. The van der Waals surface area contributed by atoms with E-state index in [1.54, 1.807) is 6.92 Å². The molecule has 1 N–H and O–H groups in total. The zero-order valence-electron chi connectivity index (χ0n) is 18.2. The van der Waals surface area contributed by atoms with Gasteiger partial charge in [-0.05, 0) is 49.2 Å². The Morgan fingerprint density at radius 2 is 1.91 bits per heavy atom. The molecule has 0 atom stereocenters. The highest BCUT2D eigenvalue weighted by Crippen LogP contribution is 2.35. The number of aryl methyl sites for hydroxylation is 2. The standard InChI is InChI=1S/C24H18FN5O3S/c1-13-5-3-4-6-17(13)21-28-22(33-29-21)20-14(2)19-23(34-20)26-12-30(24(19)32)11-18(31)27-16-9-7-15(25)8-10-16/h3-10,12H,11H2,1-2H3,(H,27,31). The largest absolute Gasteiger partial charge is 0.333 e. The minimum absolute atomic E-state index is 0.234. The van der Waals surface area contributed by atoms with Gasteiger partial charge in [0.2, 0.25) is 11.7 Å². The first-order chi connectivity index (χ1) is 16.4. The van der Waals surface area contributed by atoms with Gasteiger partial charge in [0, 0.05) is 11.3 Å². The lowest BCUT2D eigenvalue weighted by Gasteiger charge is -2.07. The molecule has 10 heteroatoms. The average Bonchev–Trinajstić information content (AvgIpc) is 3.43. The second-order valence-corrected chi connectivity index (χ2v) is 8.71. The highest BCUT2D eigenvalue weighted by atomic mass is 32.1. The Balaban J connectivity index is 1.44. The fourth-order valence-corrected chi connectivity index (χ4v) is 4.67. The van der Waals surface area contributed by atoms with E-state index >= 15 is 0 Å². The number of nitrogens with zero attached hydrogens (tertiary/aromatic N) is 4. The molecule has 0 saturated carbocycles. The molecule has 0 aliphatic carbocycles. The number of rotatable bonds is 5. The second-order valence-electron chi connectivity index (χ2n) is 7.71. The number of anilines is 1. The number of hydrogen-bond donors (Lipinski definition) is 1. The molecule has 0 aliphatic rings. The summed E-state index contributed by atoms with van der Waals surface area (Å²) in [6, 6.07) is 13.1. The molecule has 0 unspecified atom stereocenters. The van der Waals surface area contributed by atoms with Crippen molar-refractivity contribution in [1.82, 2.24) is 19.7 Å². The zero-order chi connectivity index (χ0) is 23.8. The highest BCUT2D eigenvalue weighted by Gasteiger charge is 2.21. The van der Waals surface area contributed by atoms with E-state index in [-0.39, 0.29) is 12.1 Å². The lowest BCUT2D eigenvalue weighted by atomic mass is 10.1. The van der Waals surface area contributed by atoms with Crippen LogP contribution in [-0.4, -0.2) is 25.6 Å². The molecule has 5 aromatic rings. The fraction of sp³-hybridized carbons (Fsp3) is 0.125. The van der Waals surface area contributed by atoms with Crippen molar-refractivity contribution in [3.8, 4) is 22.2 Å². The van der Waals surface area contributed by atoms with Crippen LogP contribution >= 0.6 is 11.3 Å². The molecule has 5 rings (SSSR count). The van der Waals surface area contributed by atoms with Crippen LogP contribution in [0.25, 0.3) is 32.4 Å². The zero-order valence-corrected chi connectivity index (χ0v) is 19.0. The van der Waals surface area contributed by atoms with Crippen molar-refractivity contribution in [2.75, 3.05) is 5.32 Å². The van der Waals surface area contributed by atoms with Crippen LogP contribution in [0.15, 0.2) is 64.2 Å². The van der Waals surface area contributed by atoms with Crippen molar-refractivity contribution in [3.05, 3.63) is 82.2 Å². The first-order valence-electron chi connectivity index (χ1n) is 10.3. The fourth-order valence-electron chi connectivity index (χ4n) is 3.61. The predicted octanol–water partition coefficient (Wildman–Crippen LogP) is 4.57. The lowest BCUT2D eigenvalue weighted by molar-refractivity contribution is -0.116. The van der Waals surface area contributed by atoms with Gasteiger partial charge in [0.15, 0.2) is 0 Å². The normalized spacial score (nSPS) is 11.1. The Morgan fingerprint density at radius 3 is 2.68 bits per heavy atom. The number of carbonyl (C=O) groups excluding carboxylic acids is 1. The molecular weight excluding hydrogens is 457 g/mol. The van der Waals surface area contributed by atoms with Gasteiger partial charge in [-0.25, -0.2) is 9.37 Å². The van der Waals surface area contributed by atoms with Gasteiger partial charge in [0.1, 0.15) is 17.2 Å². The van der Waals surface area contributed by atoms with Gasteiger partial charge in [-0.15, -0.1) is 11.3 Å². The van der Waals surface area contributed by atoms with Crippen molar-refractivity contribution >= 4 is 33.1 Å². The van der Waals surface area contributed by atoms with Crippen LogP contribution < -0.4 is 10.9 Å². The number of halogens is 1. The summed E-state index contributed by atoms with van der Waals surface area (Å²) >= 11 is 1.28. The van der Waals surface area contributed by atoms with Crippen molar-refractivity contribution in [3.63, 3.8) is 0 Å². The van der Waals surface area contributed by atoms with Crippen LogP contribution in [0.2, 0.25) is 0 Å². The average molecular weight is 476 g/mol. The number of thiophene rings is 1. The number of fused-ring (bicyclic) bond motifs is 1. The number of carbonyl (C=O) groups is 1. The molecule has 0 aliphatic heterocycles. The number of nitrogens with one attached hydrogen (secondary N) is 1. The molecule has 34 heavy (non-hydrogen) atoms. The van der Waals surface area contributed by atoms with E-state index in [1.165, 1.54) is 46.5 Å². The van der Waals surface area contributed by atoms with E-state index < -0.39 is 11.7 Å². The van der Waals surface area contributed by atoms with E-state index in [1.807, 2.05) is 31.2 Å². The molecule has 0 fully saturated rings. The van der Waals surface area contributed by atoms with Crippen LogP contribution in [0.1, 0.15) is 11.1 Å². The van der Waals surface area contributed by atoms with Gasteiger partial charge in [0.25, 0.3) is 11.4 Å². The Hall–Kier alpha value is -4.18. The number of amides is 1. The van der Waals surface area contributed by atoms with Gasteiger partial charge >= 0.3 is 0 Å². The Morgan fingerprint density at radius 1 is 1.15 bits per heavy atom. The maximum atomic E-state index is 13.1. The summed E-state index contributed by atoms with van der Waals surface area (Å²) < 4.78 is 19.8. The van der Waals surface area contributed by atoms with Crippen molar-refractivity contribution in [2.45, 2.75) is 20.4 Å². The smallest absolute Gasteiger partial charge is 0.268 e. The molecule has 2 aromatic carbocycles. The molecule has 170 valence electrons. The van der Waals surface area contributed by atoms with Crippen molar-refractivity contribution in [1.29, 1.82) is 0 Å². The lowest BCUT2D eigenvalue weighted by Crippen LogP contribution is -2.27. The van der Waals surface area contributed by atoms with E-state index in [0.29, 0.717) is 38.1 Å². The number of aromatic nitrogens is 4. The van der Waals surface area contributed by atoms with E-state index in [9.17, 15) is 14.0 Å². The van der Waals surface area contributed by atoms with Crippen LogP contribution in [0.3, 0.4) is 0 Å². The Labute approximate surface area is 196 Å². The quantitative estimate of drug-likeness (QED) is 0.399. The summed E-state index contributed by atoms with van der Waals surface area (Å²) in [5.41, 5.74) is 2.63. The van der Waals surface area contributed by atoms with E-state index in [4.69, 9.17) is 4.52 Å². The van der Waals surface area contributed by atoms with Gasteiger partial charge in [0.05, 0.1) is 16.6 Å². The maximum Gasteiger partial charge on any atom is 0.268 e. The molecule has 3 aromatic heterocycles. The summed E-state index contributed by atoms with van der Waals surface area (Å²) in [4.78, 5) is 35.6. The van der Waals surface area contributed by atoms with Crippen LogP contribution in [-0.2, 0) is 11.3 Å². The minimum Gasteiger partial charge on any atom is -0.333 e. The monoisotopic (exact) mass is 475 g/mol. The van der Waals surface area contributed by atoms with Gasteiger partial charge in [-0.2, -0.15) is 4.98 Å². The second kappa shape index (κ2) is 8.64. The highest BCUT2D eigenvalue weighted by molar-refractivity contribution is 7.22. The first-order valence-corrected chi connectivity index (χ1v) is 11.2. The molecular formula is C24H18FN5O3S. The van der Waals surface area contributed by atoms with Crippen LogP contribution in [0.5, 0.6) is 0 Å². The summed E-state index contributed by atoms with van der Waals surface area (Å²) in [6.45, 7) is 3.52. The Bertz CT molecular complexity index is 1590. The first kappa shape index (κ1) is 21.7. The van der Waals surface area contributed by atoms with Crippen LogP contribution in [0.4, 0.5) is 10.1 Å². The molecule has 0 saturated heterocycles. The summed E-state index contributed by atoms with van der Waals surface area (Å²) in [6.07, 6.45) is 1.33. The van der Waals surface area contributed by atoms with Crippen molar-refractivity contribution in [2.24, 2.45) is 0 Å². The molecule has 3 heterocycles. The van der Waals surface area contributed by atoms with Gasteiger partial charge in [-0.3, -0.25) is 14.2 Å². The topological polar surface area (TPSA) is 103 Å². The van der Waals surface area contributed by atoms with E-state index in [0.717, 1.165) is 11.1 Å². The minimum atomic E-state index is -0.428. The summed E-state index contributed by atoms with van der Waals surface area (Å²) in [5, 5.41) is 7.13. The van der Waals surface area contributed by atoms with Crippen molar-refractivity contribution < 1.29 is 13.7 Å². The Kier molecular flexibility index (Phi) is 5.50. The number of benzene rings is 2. The van der Waals surface area contributed by atoms with Gasteiger partial charge < -0.3 is 9.84 Å². The molecule has 0 spiro atoms. The maximum absolute atomic E-state index is 13.1. The molecule has 8 nitrogen and oxygen atoms in total. The molecule has 0 radical (unpaired) electrons. The van der Waals surface area contributed by atoms with Gasteiger partial charge in [-0.1, -0.05) is 29.4 Å². The predicted molar refractivity (Wildman–Crippen MR) is 127 cm³/mol. The summed E-state index contributed by atoms with van der Waals surface area (Å²) in [7, 11) is 0. The summed E-state index contributed by atoms with van der Waals surface area (Å²) in [5.74, 6) is -0.0610. The third-order valence-corrected chi connectivity index (χ3v) is 6.55. The number of hydrogen-bond acceptors (Lipinski definition) is 7. The molecule has 1 amide bonds. The van der Waals surface area contributed by atoms with E-state index in [2.05, 4.69) is 20.4 Å².